The van der Waals surface area contributed by atoms with Crippen LogP contribution in [0.5, 0.6) is 0 Å². The molecule has 0 radical (unpaired) electrons. The number of pyridine rings is 1. The maximum Gasteiger partial charge on any atom is 0.337 e. The van der Waals surface area contributed by atoms with Crippen molar-refractivity contribution < 1.29 is 9.90 Å². The van der Waals surface area contributed by atoms with E-state index in [1.165, 1.54) is 17.5 Å². The summed E-state index contributed by atoms with van der Waals surface area (Å²) in [6.07, 6.45) is 1.38. The minimum absolute atomic E-state index is 0.237. The summed E-state index contributed by atoms with van der Waals surface area (Å²) in [6.45, 7) is 0. The van der Waals surface area contributed by atoms with Gasteiger partial charge in [0.2, 0.25) is 0 Å². The molecule has 2 aromatic heterocycles. The van der Waals surface area contributed by atoms with E-state index in [0.29, 0.717) is 0 Å². The number of aromatic carboxylic acids is 1. The zero-order chi connectivity index (χ0) is 8.55. The lowest BCUT2D eigenvalue weighted by atomic mass is 10.2. The predicted molar refractivity (Wildman–Crippen MR) is 46.6 cm³/mol. The van der Waals surface area contributed by atoms with Gasteiger partial charge >= 0.3 is 5.97 Å². The van der Waals surface area contributed by atoms with Gasteiger partial charge in [-0.2, -0.15) is 0 Å². The van der Waals surface area contributed by atoms with Crippen LogP contribution in [0.1, 0.15) is 10.4 Å². The number of carboxylic acids is 1. The smallest absolute Gasteiger partial charge is 0.337 e. The quantitative estimate of drug-likeness (QED) is 0.728. The van der Waals surface area contributed by atoms with E-state index in [4.69, 9.17) is 5.11 Å². The highest BCUT2D eigenvalue weighted by Gasteiger charge is 2.04. The van der Waals surface area contributed by atoms with Crippen molar-refractivity contribution in [2.45, 2.75) is 0 Å². The molecule has 0 saturated carbocycles. The maximum absolute atomic E-state index is 10.5. The molecule has 2 heterocycles. The molecule has 60 valence electrons. The van der Waals surface area contributed by atoms with Crippen molar-refractivity contribution in [1.82, 2.24) is 4.98 Å². The second-order valence-corrected chi connectivity index (χ2v) is 3.24. The van der Waals surface area contributed by atoms with Gasteiger partial charge in [-0.25, -0.2) is 9.78 Å². The molecule has 0 fully saturated rings. The molecule has 0 unspecified atom stereocenters. The highest BCUT2D eigenvalue weighted by molar-refractivity contribution is 7.16. The molecule has 2 rings (SSSR count). The van der Waals surface area contributed by atoms with E-state index in [2.05, 4.69) is 4.98 Å². The molecule has 0 saturated heterocycles. The lowest BCUT2D eigenvalue weighted by molar-refractivity contribution is 0.0696. The van der Waals surface area contributed by atoms with Crippen molar-refractivity contribution >= 4 is 27.5 Å². The molecule has 0 amide bonds. The molecule has 0 aliphatic carbocycles. The van der Waals surface area contributed by atoms with E-state index >= 15 is 0 Å². The number of rotatable bonds is 1. The van der Waals surface area contributed by atoms with Crippen LogP contribution < -0.4 is 0 Å². The predicted octanol–water partition coefficient (Wildman–Crippen LogP) is 1.99. The molecular formula is C8H5NO2S. The molecule has 0 atom stereocenters. The van der Waals surface area contributed by atoms with Gasteiger partial charge in [0.15, 0.2) is 0 Å². The maximum atomic E-state index is 10.5. The Balaban J connectivity index is 2.68. The van der Waals surface area contributed by atoms with Crippen molar-refractivity contribution in [3.05, 3.63) is 29.3 Å². The van der Waals surface area contributed by atoms with Crippen molar-refractivity contribution in [2.75, 3.05) is 0 Å². The van der Waals surface area contributed by atoms with Crippen molar-refractivity contribution in [3.8, 4) is 0 Å². The Morgan fingerprint density at radius 3 is 3.17 bits per heavy atom. The largest absolute Gasteiger partial charge is 0.478 e. The van der Waals surface area contributed by atoms with E-state index in [9.17, 15) is 4.79 Å². The number of fused-ring (bicyclic) bond motifs is 1. The third-order valence-electron chi connectivity index (χ3n) is 1.55. The number of thiophene rings is 1. The Morgan fingerprint density at radius 2 is 2.42 bits per heavy atom. The number of hydrogen-bond acceptors (Lipinski definition) is 3. The molecule has 4 heteroatoms. The molecule has 0 aliphatic heterocycles. The van der Waals surface area contributed by atoms with Crippen LogP contribution in [-0.2, 0) is 0 Å². The third kappa shape index (κ3) is 1.06. The average Bonchev–Trinajstić information content (AvgIpc) is 2.49. The first-order chi connectivity index (χ1) is 5.77. The van der Waals surface area contributed by atoms with Gasteiger partial charge in [0, 0.05) is 11.6 Å². The Labute approximate surface area is 72.3 Å². The van der Waals surface area contributed by atoms with Gasteiger partial charge in [0.05, 0.1) is 5.56 Å². The van der Waals surface area contributed by atoms with Crippen LogP contribution in [-0.4, -0.2) is 16.1 Å². The summed E-state index contributed by atoms with van der Waals surface area (Å²) >= 11 is 1.50. The van der Waals surface area contributed by atoms with Gasteiger partial charge in [-0.3, -0.25) is 0 Å². The zero-order valence-corrected chi connectivity index (χ0v) is 6.84. The lowest BCUT2D eigenvalue weighted by Crippen LogP contribution is -1.95. The molecule has 0 aromatic carbocycles. The van der Waals surface area contributed by atoms with Crippen LogP contribution in [0.3, 0.4) is 0 Å². The fourth-order valence-electron chi connectivity index (χ4n) is 0.976. The Hall–Kier alpha value is -1.42. The standard InChI is InChI=1S/C8H5NO2S/c10-8(11)6-3-5-1-2-12-7(5)9-4-6/h1-4H,(H,10,11). The summed E-state index contributed by atoms with van der Waals surface area (Å²) in [5, 5.41) is 11.4. The topological polar surface area (TPSA) is 50.2 Å². The van der Waals surface area contributed by atoms with Crippen LogP contribution in [0, 0.1) is 0 Å². The van der Waals surface area contributed by atoms with Gasteiger partial charge in [0.25, 0.3) is 0 Å². The first kappa shape index (κ1) is 7.24. The summed E-state index contributed by atoms with van der Waals surface area (Å²) in [7, 11) is 0. The van der Waals surface area contributed by atoms with Crippen molar-refractivity contribution in [3.63, 3.8) is 0 Å². The summed E-state index contributed by atoms with van der Waals surface area (Å²) in [5.74, 6) is -0.935. The Bertz CT molecular complexity index is 435. The Morgan fingerprint density at radius 1 is 1.58 bits per heavy atom. The summed E-state index contributed by atoms with van der Waals surface area (Å²) in [4.78, 5) is 15.4. The van der Waals surface area contributed by atoms with Crippen LogP contribution >= 0.6 is 11.3 Å². The molecule has 3 nitrogen and oxygen atoms in total. The molecule has 0 bridgehead atoms. The molecule has 12 heavy (non-hydrogen) atoms. The van der Waals surface area contributed by atoms with Gasteiger partial charge in [-0.15, -0.1) is 11.3 Å². The van der Waals surface area contributed by atoms with E-state index in [-0.39, 0.29) is 5.56 Å². The Kier molecular flexibility index (Phi) is 1.55. The SMILES string of the molecule is O=C(O)c1cnc2sccc2c1. The van der Waals surface area contributed by atoms with Gasteiger partial charge in [0.1, 0.15) is 4.83 Å². The van der Waals surface area contributed by atoms with Crippen LogP contribution in [0.4, 0.5) is 0 Å². The normalized spacial score (nSPS) is 10.3. The highest BCUT2D eigenvalue weighted by Crippen LogP contribution is 2.18. The summed E-state index contributed by atoms with van der Waals surface area (Å²) in [5.41, 5.74) is 0.237. The first-order valence-electron chi connectivity index (χ1n) is 3.34. The van der Waals surface area contributed by atoms with E-state index in [0.717, 1.165) is 10.2 Å². The minimum Gasteiger partial charge on any atom is -0.478 e. The summed E-state index contributed by atoms with van der Waals surface area (Å²) in [6, 6.07) is 3.49. The first-order valence-corrected chi connectivity index (χ1v) is 4.22. The average molecular weight is 179 g/mol. The van der Waals surface area contributed by atoms with Crippen LogP contribution in [0.15, 0.2) is 23.7 Å². The molecule has 0 spiro atoms. The monoisotopic (exact) mass is 179 g/mol. The molecule has 1 N–H and O–H groups in total. The fraction of sp³-hybridized carbons (Fsp3) is 0. The fourth-order valence-corrected chi connectivity index (χ4v) is 1.70. The van der Waals surface area contributed by atoms with Gasteiger partial charge in [-0.05, 0) is 17.5 Å². The highest BCUT2D eigenvalue weighted by atomic mass is 32.1. The second-order valence-electron chi connectivity index (χ2n) is 2.34. The van der Waals surface area contributed by atoms with Crippen LogP contribution in [0.25, 0.3) is 10.2 Å². The third-order valence-corrected chi connectivity index (χ3v) is 2.39. The number of carbonyl (C=O) groups is 1. The number of aromatic nitrogens is 1. The van der Waals surface area contributed by atoms with E-state index < -0.39 is 5.97 Å². The molecular weight excluding hydrogens is 174 g/mol. The summed E-state index contributed by atoms with van der Waals surface area (Å²) < 4.78 is 0. The van der Waals surface area contributed by atoms with Crippen LogP contribution in [0.2, 0.25) is 0 Å². The zero-order valence-electron chi connectivity index (χ0n) is 6.02. The van der Waals surface area contributed by atoms with Crippen molar-refractivity contribution in [1.29, 1.82) is 0 Å². The number of carboxylic acid groups (broad SMARTS) is 1. The number of hydrogen-bond donors (Lipinski definition) is 1. The van der Waals surface area contributed by atoms with Crippen molar-refractivity contribution in [2.24, 2.45) is 0 Å². The van der Waals surface area contributed by atoms with E-state index in [1.807, 2.05) is 11.4 Å². The van der Waals surface area contributed by atoms with Gasteiger partial charge < -0.3 is 5.11 Å². The lowest BCUT2D eigenvalue weighted by Gasteiger charge is -1.92. The minimum atomic E-state index is -0.935. The number of nitrogens with zero attached hydrogens (tertiary/aromatic N) is 1. The molecule has 2 aromatic rings. The second kappa shape index (κ2) is 2.57. The molecule has 0 aliphatic rings. The van der Waals surface area contributed by atoms with Gasteiger partial charge in [-0.1, -0.05) is 0 Å². The van der Waals surface area contributed by atoms with E-state index in [1.54, 1.807) is 6.07 Å².